The van der Waals surface area contributed by atoms with Gasteiger partial charge in [0.05, 0.1) is 33.0 Å². The van der Waals surface area contributed by atoms with Gasteiger partial charge >= 0.3 is 0 Å². The van der Waals surface area contributed by atoms with Crippen LogP contribution in [0.1, 0.15) is 25.0 Å². The number of hydrogen-bond acceptors (Lipinski definition) is 5. The maximum atomic E-state index is 5.99. The van der Waals surface area contributed by atoms with Crippen molar-refractivity contribution in [1.82, 2.24) is 4.90 Å². The van der Waals surface area contributed by atoms with Crippen LogP contribution in [0.2, 0.25) is 0 Å². The predicted octanol–water partition coefficient (Wildman–Crippen LogP) is 2.22. The summed E-state index contributed by atoms with van der Waals surface area (Å²) in [6.45, 7) is 9.06. The normalized spacial score (nSPS) is 24.7. The van der Waals surface area contributed by atoms with Gasteiger partial charge in [-0.25, -0.2) is 0 Å². The van der Waals surface area contributed by atoms with Gasteiger partial charge in [0, 0.05) is 31.6 Å². The topological polar surface area (TPSA) is 40.2 Å². The number of rotatable bonds is 5. The van der Waals surface area contributed by atoms with Crippen molar-refractivity contribution < 1.29 is 18.9 Å². The lowest BCUT2D eigenvalue weighted by atomic mass is 9.99. The summed E-state index contributed by atoms with van der Waals surface area (Å²) >= 11 is 0. The van der Waals surface area contributed by atoms with Crippen LogP contribution in [-0.2, 0) is 27.2 Å². The molecule has 0 spiro atoms. The maximum Gasteiger partial charge on any atom is 0.163 e. The third-order valence-electron chi connectivity index (χ3n) is 4.45. The van der Waals surface area contributed by atoms with Gasteiger partial charge in [-0.15, -0.1) is 0 Å². The van der Waals surface area contributed by atoms with E-state index in [1.54, 1.807) is 7.11 Å². The lowest BCUT2D eigenvalue weighted by molar-refractivity contribution is -0.138. The zero-order valence-corrected chi connectivity index (χ0v) is 14.3. The maximum absolute atomic E-state index is 5.99. The summed E-state index contributed by atoms with van der Waals surface area (Å²) in [5.74, 6) is 0.445. The molecule has 5 heteroatoms. The first kappa shape index (κ1) is 16.7. The molecule has 23 heavy (non-hydrogen) atoms. The molecule has 0 aliphatic carbocycles. The summed E-state index contributed by atoms with van der Waals surface area (Å²) in [5, 5.41) is 0. The Morgan fingerprint density at radius 3 is 2.70 bits per heavy atom. The first-order valence-electron chi connectivity index (χ1n) is 8.34. The first-order chi connectivity index (χ1) is 11.1. The highest BCUT2D eigenvalue weighted by atomic mass is 16.7. The molecular weight excluding hydrogens is 294 g/mol. The highest BCUT2D eigenvalue weighted by Gasteiger charge is 2.33. The van der Waals surface area contributed by atoms with Crippen molar-refractivity contribution in [2.45, 2.75) is 38.7 Å². The zero-order valence-electron chi connectivity index (χ0n) is 14.3. The Morgan fingerprint density at radius 2 is 2.04 bits per heavy atom. The first-order valence-corrected chi connectivity index (χ1v) is 8.34. The molecule has 0 aromatic heterocycles. The van der Waals surface area contributed by atoms with Gasteiger partial charge in [-0.05, 0) is 25.5 Å². The van der Waals surface area contributed by atoms with Gasteiger partial charge in [0.15, 0.2) is 5.79 Å². The predicted molar refractivity (Wildman–Crippen MR) is 87.7 cm³/mol. The summed E-state index contributed by atoms with van der Waals surface area (Å²) < 4.78 is 22.7. The standard InChI is InChI=1S/C18H27NO4/c1-18(2)22-13-15(23-18)11-16-14(5-4-6-17(16)20-3)12-19-7-9-21-10-8-19/h4-6,15H,7-13H2,1-3H3. The molecule has 1 atom stereocenters. The fourth-order valence-electron chi connectivity index (χ4n) is 3.27. The number of benzene rings is 1. The summed E-state index contributed by atoms with van der Waals surface area (Å²) in [6, 6.07) is 6.28. The smallest absolute Gasteiger partial charge is 0.163 e. The molecule has 0 bridgehead atoms. The van der Waals surface area contributed by atoms with Crippen LogP contribution >= 0.6 is 0 Å². The van der Waals surface area contributed by atoms with Crippen molar-refractivity contribution in [2.75, 3.05) is 40.0 Å². The molecule has 2 fully saturated rings. The molecule has 2 aliphatic heterocycles. The molecule has 2 aliphatic rings. The molecule has 1 aromatic rings. The Hall–Kier alpha value is -1.14. The summed E-state index contributed by atoms with van der Waals surface area (Å²) in [5.41, 5.74) is 2.53. The van der Waals surface area contributed by atoms with E-state index in [1.807, 2.05) is 19.9 Å². The van der Waals surface area contributed by atoms with Crippen LogP contribution in [0, 0.1) is 0 Å². The van der Waals surface area contributed by atoms with E-state index in [0.29, 0.717) is 6.61 Å². The summed E-state index contributed by atoms with van der Waals surface area (Å²) in [6.07, 6.45) is 0.886. The minimum Gasteiger partial charge on any atom is -0.496 e. The third-order valence-corrected chi connectivity index (χ3v) is 4.45. The van der Waals surface area contributed by atoms with Crippen LogP contribution in [-0.4, -0.2) is 56.8 Å². The van der Waals surface area contributed by atoms with Gasteiger partial charge in [0.1, 0.15) is 5.75 Å². The van der Waals surface area contributed by atoms with Gasteiger partial charge in [-0.2, -0.15) is 0 Å². The van der Waals surface area contributed by atoms with E-state index in [0.717, 1.165) is 45.0 Å². The Morgan fingerprint density at radius 1 is 1.26 bits per heavy atom. The van der Waals surface area contributed by atoms with E-state index in [9.17, 15) is 0 Å². The lowest BCUT2D eigenvalue weighted by Crippen LogP contribution is -2.36. The molecule has 1 aromatic carbocycles. The van der Waals surface area contributed by atoms with E-state index in [1.165, 1.54) is 11.1 Å². The van der Waals surface area contributed by atoms with Crippen LogP contribution in [0.3, 0.4) is 0 Å². The monoisotopic (exact) mass is 321 g/mol. The molecule has 3 rings (SSSR count). The fraction of sp³-hybridized carbons (Fsp3) is 0.667. The van der Waals surface area contributed by atoms with Crippen LogP contribution in [0.5, 0.6) is 5.75 Å². The lowest BCUT2D eigenvalue weighted by Gasteiger charge is -2.28. The van der Waals surface area contributed by atoms with Gasteiger partial charge in [-0.1, -0.05) is 12.1 Å². The number of hydrogen-bond donors (Lipinski definition) is 0. The Balaban J connectivity index is 1.76. The van der Waals surface area contributed by atoms with Crippen molar-refractivity contribution >= 4 is 0 Å². The van der Waals surface area contributed by atoms with Crippen molar-refractivity contribution in [3.05, 3.63) is 29.3 Å². The third kappa shape index (κ3) is 4.23. The molecule has 5 nitrogen and oxygen atoms in total. The molecule has 2 heterocycles. The molecule has 2 saturated heterocycles. The van der Waals surface area contributed by atoms with E-state index in [-0.39, 0.29) is 6.10 Å². The number of nitrogens with zero attached hydrogens (tertiary/aromatic N) is 1. The van der Waals surface area contributed by atoms with Crippen molar-refractivity contribution in [2.24, 2.45) is 0 Å². The minimum atomic E-state index is -0.489. The van der Waals surface area contributed by atoms with Crippen molar-refractivity contribution in [3.63, 3.8) is 0 Å². The summed E-state index contributed by atoms with van der Waals surface area (Å²) in [7, 11) is 1.73. The number of ether oxygens (including phenoxy) is 4. The molecule has 1 unspecified atom stereocenters. The van der Waals surface area contributed by atoms with Crippen LogP contribution < -0.4 is 4.74 Å². The quantitative estimate of drug-likeness (QED) is 0.832. The molecule has 0 amide bonds. The van der Waals surface area contributed by atoms with E-state index < -0.39 is 5.79 Å². The largest absolute Gasteiger partial charge is 0.496 e. The molecule has 0 N–H and O–H groups in total. The molecule has 0 radical (unpaired) electrons. The number of methoxy groups -OCH3 is 1. The van der Waals surface area contributed by atoms with Gasteiger partial charge < -0.3 is 18.9 Å². The highest BCUT2D eigenvalue weighted by Crippen LogP contribution is 2.30. The minimum absolute atomic E-state index is 0.0738. The Bertz CT molecular complexity index is 526. The highest BCUT2D eigenvalue weighted by molar-refractivity contribution is 5.41. The molecule has 128 valence electrons. The van der Waals surface area contributed by atoms with Crippen LogP contribution in [0.25, 0.3) is 0 Å². The molecule has 0 saturated carbocycles. The van der Waals surface area contributed by atoms with E-state index in [2.05, 4.69) is 17.0 Å². The average molecular weight is 321 g/mol. The van der Waals surface area contributed by atoms with Gasteiger partial charge in [-0.3, -0.25) is 4.90 Å². The fourth-order valence-corrected chi connectivity index (χ4v) is 3.27. The Kier molecular flexibility index (Phi) is 5.21. The van der Waals surface area contributed by atoms with Gasteiger partial charge in [0.2, 0.25) is 0 Å². The van der Waals surface area contributed by atoms with Crippen LogP contribution in [0.15, 0.2) is 18.2 Å². The van der Waals surface area contributed by atoms with E-state index in [4.69, 9.17) is 18.9 Å². The molecular formula is C18H27NO4. The zero-order chi connectivity index (χ0) is 16.3. The second-order valence-corrected chi connectivity index (χ2v) is 6.64. The second kappa shape index (κ2) is 7.18. The van der Waals surface area contributed by atoms with E-state index >= 15 is 0 Å². The SMILES string of the molecule is COc1cccc(CN2CCOCC2)c1CC1COC(C)(C)O1. The van der Waals surface area contributed by atoms with Crippen molar-refractivity contribution in [3.8, 4) is 5.75 Å². The van der Waals surface area contributed by atoms with Gasteiger partial charge in [0.25, 0.3) is 0 Å². The number of morpholine rings is 1. The van der Waals surface area contributed by atoms with Crippen LogP contribution in [0.4, 0.5) is 0 Å². The second-order valence-electron chi connectivity index (χ2n) is 6.64. The van der Waals surface area contributed by atoms with Crippen molar-refractivity contribution in [1.29, 1.82) is 0 Å². The summed E-state index contributed by atoms with van der Waals surface area (Å²) in [4.78, 5) is 2.43. The Labute approximate surface area is 138 Å². The average Bonchev–Trinajstić information content (AvgIpc) is 2.89.